The smallest absolute Gasteiger partial charge is 0.339 e. The van der Waals surface area contributed by atoms with E-state index < -0.39 is 11.9 Å². The standard InChI is InChI=1S/C20H19ClN2O4/c1-27-20(26)15-7-3-5-9-17(15)23-12-14(10-18(23)24)19(25)22-11-13-6-2-4-8-16(13)21/h2-9,14H,10-12H2,1H3,(H,22,25). The van der Waals surface area contributed by atoms with Crippen molar-refractivity contribution in [2.24, 2.45) is 5.92 Å². The maximum atomic E-state index is 12.5. The molecule has 140 valence electrons. The molecule has 3 rings (SSSR count). The summed E-state index contributed by atoms with van der Waals surface area (Å²) in [5.74, 6) is -1.44. The molecule has 0 bridgehead atoms. The molecule has 7 heteroatoms. The van der Waals surface area contributed by atoms with Crippen molar-refractivity contribution in [3.8, 4) is 0 Å². The van der Waals surface area contributed by atoms with Crippen LogP contribution in [0.4, 0.5) is 5.69 Å². The number of methoxy groups -OCH3 is 1. The molecule has 0 saturated carbocycles. The van der Waals surface area contributed by atoms with Crippen LogP contribution in [0.1, 0.15) is 22.3 Å². The summed E-state index contributed by atoms with van der Waals surface area (Å²) in [6.45, 7) is 0.503. The fourth-order valence-corrected chi connectivity index (χ4v) is 3.28. The minimum atomic E-state index is -0.523. The monoisotopic (exact) mass is 386 g/mol. The number of benzene rings is 2. The highest BCUT2D eigenvalue weighted by Gasteiger charge is 2.36. The van der Waals surface area contributed by atoms with Gasteiger partial charge in [-0.1, -0.05) is 41.9 Å². The van der Waals surface area contributed by atoms with Gasteiger partial charge in [-0.25, -0.2) is 4.79 Å². The summed E-state index contributed by atoms with van der Waals surface area (Å²) in [5, 5.41) is 3.41. The van der Waals surface area contributed by atoms with Crippen LogP contribution in [-0.4, -0.2) is 31.4 Å². The van der Waals surface area contributed by atoms with Crippen LogP contribution >= 0.6 is 11.6 Å². The molecular formula is C20H19ClN2O4. The van der Waals surface area contributed by atoms with Crippen molar-refractivity contribution in [3.05, 3.63) is 64.7 Å². The molecule has 1 saturated heterocycles. The van der Waals surface area contributed by atoms with E-state index in [2.05, 4.69) is 5.32 Å². The Hall–Kier alpha value is -2.86. The van der Waals surface area contributed by atoms with Crippen LogP contribution in [-0.2, 0) is 20.9 Å². The first kappa shape index (κ1) is 18.9. The Morgan fingerprint density at radius 3 is 2.63 bits per heavy atom. The Bertz CT molecular complexity index is 884. The molecule has 0 aromatic heterocycles. The van der Waals surface area contributed by atoms with Gasteiger partial charge in [-0.05, 0) is 23.8 Å². The second kappa shape index (κ2) is 8.22. The predicted octanol–water partition coefficient (Wildman–Crippen LogP) is 2.80. The molecule has 1 fully saturated rings. The van der Waals surface area contributed by atoms with Crippen LogP contribution in [0, 0.1) is 5.92 Å². The van der Waals surface area contributed by atoms with E-state index in [9.17, 15) is 14.4 Å². The number of ether oxygens (including phenoxy) is 1. The zero-order chi connectivity index (χ0) is 19.4. The number of carbonyl (C=O) groups excluding carboxylic acids is 3. The van der Waals surface area contributed by atoms with Gasteiger partial charge < -0.3 is 15.0 Å². The molecule has 0 aliphatic carbocycles. The number of halogens is 1. The van der Waals surface area contributed by atoms with Crippen molar-refractivity contribution in [2.45, 2.75) is 13.0 Å². The lowest BCUT2D eigenvalue weighted by molar-refractivity contribution is -0.126. The van der Waals surface area contributed by atoms with Crippen LogP contribution in [0.5, 0.6) is 0 Å². The van der Waals surface area contributed by atoms with E-state index in [0.29, 0.717) is 22.8 Å². The first-order chi connectivity index (χ1) is 13.0. The largest absolute Gasteiger partial charge is 0.465 e. The maximum absolute atomic E-state index is 12.5. The van der Waals surface area contributed by atoms with E-state index in [1.165, 1.54) is 12.0 Å². The first-order valence-corrected chi connectivity index (χ1v) is 8.88. The number of nitrogens with zero attached hydrogens (tertiary/aromatic N) is 1. The Balaban J connectivity index is 1.70. The Morgan fingerprint density at radius 2 is 1.89 bits per heavy atom. The van der Waals surface area contributed by atoms with Gasteiger partial charge in [-0.15, -0.1) is 0 Å². The number of hydrogen-bond donors (Lipinski definition) is 1. The van der Waals surface area contributed by atoms with Crippen LogP contribution in [0.15, 0.2) is 48.5 Å². The first-order valence-electron chi connectivity index (χ1n) is 8.50. The summed E-state index contributed by atoms with van der Waals surface area (Å²) >= 11 is 6.10. The van der Waals surface area contributed by atoms with Crippen LogP contribution < -0.4 is 10.2 Å². The lowest BCUT2D eigenvalue weighted by atomic mass is 10.1. The third kappa shape index (κ3) is 4.11. The molecule has 27 heavy (non-hydrogen) atoms. The lowest BCUT2D eigenvalue weighted by Gasteiger charge is -2.19. The van der Waals surface area contributed by atoms with Crippen molar-refractivity contribution < 1.29 is 19.1 Å². The average molecular weight is 387 g/mol. The van der Waals surface area contributed by atoms with Gasteiger partial charge in [0.2, 0.25) is 11.8 Å². The number of amides is 2. The second-order valence-electron chi connectivity index (χ2n) is 6.22. The fourth-order valence-electron chi connectivity index (χ4n) is 3.08. The van der Waals surface area contributed by atoms with Gasteiger partial charge in [0.15, 0.2) is 0 Å². The molecule has 0 radical (unpaired) electrons. The third-order valence-corrected chi connectivity index (χ3v) is 4.88. The molecule has 1 aliphatic rings. The van der Waals surface area contributed by atoms with Crippen molar-refractivity contribution >= 4 is 35.1 Å². The van der Waals surface area contributed by atoms with Crippen LogP contribution in [0.2, 0.25) is 5.02 Å². The molecule has 1 N–H and O–H groups in total. The van der Waals surface area contributed by atoms with Crippen LogP contribution in [0.25, 0.3) is 0 Å². The second-order valence-corrected chi connectivity index (χ2v) is 6.63. The molecule has 1 aliphatic heterocycles. The molecule has 0 spiro atoms. The molecule has 1 heterocycles. The minimum Gasteiger partial charge on any atom is -0.465 e. The number of carbonyl (C=O) groups is 3. The average Bonchev–Trinajstić information content (AvgIpc) is 3.08. The number of rotatable bonds is 5. The topological polar surface area (TPSA) is 75.7 Å². The Morgan fingerprint density at radius 1 is 1.19 bits per heavy atom. The van der Waals surface area contributed by atoms with Gasteiger partial charge in [-0.2, -0.15) is 0 Å². The molecular weight excluding hydrogens is 368 g/mol. The van der Waals surface area contributed by atoms with E-state index in [1.54, 1.807) is 30.3 Å². The van der Waals surface area contributed by atoms with Crippen molar-refractivity contribution in [1.29, 1.82) is 0 Å². The van der Waals surface area contributed by atoms with Crippen LogP contribution in [0.3, 0.4) is 0 Å². The highest BCUT2D eigenvalue weighted by Crippen LogP contribution is 2.29. The summed E-state index contributed by atoms with van der Waals surface area (Å²) in [5.41, 5.74) is 1.56. The summed E-state index contributed by atoms with van der Waals surface area (Å²) < 4.78 is 4.78. The SMILES string of the molecule is COC(=O)c1ccccc1N1CC(C(=O)NCc2ccccc2Cl)CC1=O. The van der Waals surface area contributed by atoms with E-state index >= 15 is 0 Å². The summed E-state index contributed by atoms with van der Waals surface area (Å²) in [4.78, 5) is 38.4. The summed E-state index contributed by atoms with van der Waals surface area (Å²) in [6, 6.07) is 14.0. The van der Waals surface area contributed by atoms with Crippen molar-refractivity contribution in [3.63, 3.8) is 0 Å². The highest BCUT2D eigenvalue weighted by atomic mass is 35.5. The van der Waals surface area contributed by atoms with Gasteiger partial charge in [0.25, 0.3) is 0 Å². The lowest BCUT2D eigenvalue weighted by Crippen LogP contribution is -2.33. The Kier molecular flexibility index (Phi) is 5.76. The molecule has 2 aromatic rings. The summed E-state index contributed by atoms with van der Waals surface area (Å²) in [7, 11) is 1.29. The van der Waals surface area contributed by atoms with E-state index in [1.807, 2.05) is 18.2 Å². The number of nitrogens with one attached hydrogen (secondary N) is 1. The summed E-state index contributed by atoms with van der Waals surface area (Å²) in [6.07, 6.45) is 0.0872. The maximum Gasteiger partial charge on any atom is 0.339 e. The number of anilines is 1. The third-order valence-electron chi connectivity index (χ3n) is 4.51. The van der Waals surface area contributed by atoms with Gasteiger partial charge >= 0.3 is 5.97 Å². The van der Waals surface area contributed by atoms with Gasteiger partial charge in [0, 0.05) is 24.5 Å². The zero-order valence-electron chi connectivity index (χ0n) is 14.8. The molecule has 2 amide bonds. The minimum absolute atomic E-state index is 0.0872. The van der Waals surface area contributed by atoms with Gasteiger partial charge in [-0.3, -0.25) is 9.59 Å². The molecule has 1 unspecified atom stereocenters. The molecule has 2 aromatic carbocycles. The zero-order valence-corrected chi connectivity index (χ0v) is 15.5. The van der Waals surface area contributed by atoms with Crippen molar-refractivity contribution in [1.82, 2.24) is 5.32 Å². The number of para-hydroxylation sites is 1. The van der Waals surface area contributed by atoms with E-state index in [4.69, 9.17) is 16.3 Å². The van der Waals surface area contributed by atoms with E-state index in [-0.39, 0.29) is 24.8 Å². The van der Waals surface area contributed by atoms with Gasteiger partial charge in [0.1, 0.15) is 0 Å². The normalized spacial score (nSPS) is 16.3. The molecule has 6 nitrogen and oxygen atoms in total. The quantitative estimate of drug-likeness (QED) is 0.802. The highest BCUT2D eigenvalue weighted by molar-refractivity contribution is 6.31. The Labute approximate surface area is 162 Å². The van der Waals surface area contributed by atoms with Gasteiger partial charge in [0.05, 0.1) is 24.3 Å². The predicted molar refractivity (Wildman–Crippen MR) is 102 cm³/mol. The fraction of sp³-hybridized carbons (Fsp3) is 0.250. The van der Waals surface area contributed by atoms with Crippen molar-refractivity contribution in [2.75, 3.05) is 18.6 Å². The molecule has 1 atom stereocenters. The van der Waals surface area contributed by atoms with E-state index in [0.717, 1.165) is 5.56 Å². The number of hydrogen-bond acceptors (Lipinski definition) is 4. The number of esters is 1.